The second-order valence-electron chi connectivity index (χ2n) is 4.60. The van der Waals surface area contributed by atoms with E-state index in [4.69, 9.17) is 10.5 Å². The standard InChI is InChI=1S/C14H17N3O/c1-18-11-7-5-10(6-8-11)13-14(15)17-9-3-2-4-12(17)16-13/h5-8H,2-4,9,15H2,1H3. The Morgan fingerprint density at radius 1 is 1.22 bits per heavy atom. The molecule has 1 aliphatic rings. The minimum absolute atomic E-state index is 0.787. The molecule has 0 atom stereocenters. The van der Waals surface area contributed by atoms with Gasteiger partial charge in [0, 0.05) is 18.5 Å². The van der Waals surface area contributed by atoms with E-state index in [0.29, 0.717) is 0 Å². The van der Waals surface area contributed by atoms with Gasteiger partial charge in [0.1, 0.15) is 23.1 Å². The highest BCUT2D eigenvalue weighted by atomic mass is 16.5. The number of aryl methyl sites for hydroxylation is 1. The maximum absolute atomic E-state index is 6.20. The number of anilines is 1. The average molecular weight is 243 g/mol. The van der Waals surface area contributed by atoms with Crippen molar-refractivity contribution in [2.75, 3.05) is 12.8 Å². The zero-order valence-corrected chi connectivity index (χ0v) is 10.5. The topological polar surface area (TPSA) is 53.1 Å². The van der Waals surface area contributed by atoms with Gasteiger partial charge in [0.2, 0.25) is 0 Å². The fourth-order valence-electron chi connectivity index (χ4n) is 2.47. The summed E-state index contributed by atoms with van der Waals surface area (Å²) in [6, 6.07) is 7.88. The van der Waals surface area contributed by atoms with E-state index in [-0.39, 0.29) is 0 Å². The molecule has 1 aromatic carbocycles. The number of aromatic nitrogens is 2. The minimum Gasteiger partial charge on any atom is -0.497 e. The highest BCUT2D eigenvalue weighted by Crippen LogP contribution is 2.30. The minimum atomic E-state index is 0.787. The highest BCUT2D eigenvalue weighted by molar-refractivity contribution is 5.71. The van der Waals surface area contributed by atoms with Crippen LogP contribution in [-0.4, -0.2) is 16.7 Å². The molecule has 4 nitrogen and oxygen atoms in total. The van der Waals surface area contributed by atoms with Crippen molar-refractivity contribution in [2.45, 2.75) is 25.8 Å². The summed E-state index contributed by atoms with van der Waals surface area (Å²) in [5.74, 6) is 2.75. The van der Waals surface area contributed by atoms with Crippen molar-refractivity contribution < 1.29 is 4.74 Å². The highest BCUT2D eigenvalue weighted by Gasteiger charge is 2.18. The van der Waals surface area contributed by atoms with Crippen LogP contribution < -0.4 is 10.5 Å². The second-order valence-corrected chi connectivity index (χ2v) is 4.60. The van der Waals surface area contributed by atoms with E-state index in [0.717, 1.165) is 41.6 Å². The fourth-order valence-corrected chi connectivity index (χ4v) is 2.47. The molecule has 18 heavy (non-hydrogen) atoms. The van der Waals surface area contributed by atoms with Crippen LogP contribution in [0, 0.1) is 0 Å². The van der Waals surface area contributed by atoms with E-state index in [2.05, 4.69) is 9.55 Å². The molecule has 3 rings (SSSR count). The number of rotatable bonds is 2. The first-order valence-electron chi connectivity index (χ1n) is 6.29. The van der Waals surface area contributed by atoms with Crippen LogP contribution in [0.15, 0.2) is 24.3 Å². The van der Waals surface area contributed by atoms with Crippen LogP contribution >= 0.6 is 0 Å². The van der Waals surface area contributed by atoms with Crippen LogP contribution in [0.5, 0.6) is 5.75 Å². The van der Waals surface area contributed by atoms with Crippen molar-refractivity contribution in [3.63, 3.8) is 0 Å². The summed E-state index contributed by atoms with van der Waals surface area (Å²) < 4.78 is 7.30. The van der Waals surface area contributed by atoms with E-state index < -0.39 is 0 Å². The lowest BCUT2D eigenvalue weighted by molar-refractivity contribution is 0.415. The molecule has 0 bridgehead atoms. The Morgan fingerprint density at radius 2 is 2.00 bits per heavy atom. The van der Waals surface area contributed by atoms with Crippen LogP contribution in [0.25, 0.3) is 11.3 Å². The molecular formula is C14H17N3O. The number of hydrogen-bond donors (Lipinski definition) is 1. The van der Waals surface area contributed by atoms with E-state index in [1.807, 2.05) is 24.3 Å². The molecule has 1 aliphatic heterocycles. The number of hydrogen-bond acceptors (Lipinski definition) is 3. The third-order valence-corrected chi connectivity index (χ3v) is 3.48. The molecule has 0 spiro atoms. The normalized spacial score (nSPS) is 14.3. The van der Waals surface area contributed by atoms with E-state index >= 15 is 0 Å². The molecule has 0 aliphatic carbocycles. The lowest BCUT2D eigenvalue weighted by atomic mass is 10.1. The van der Waals surface area contributed by atoms with Gasteiger partial charge in [-0.25, -0.2) is 4.98 Å². The predicted molar refractivity (Wildman–Crippen MR) is 71.6 cm³/mol. The number of nitrogen functional groups attached to an aromatic ring is 1. The van der Waals surface area contributed by atoms with Gasteiger partial charge in [-0.1, -0.05) is 0 Å². The third-order valence-electron chi connectivity index (χ3n) is 3.48. The van der Waals surface area contributed by atoms with Crippen LogP contribution in [0.1, 0.15) is 18.7 Å². The van der Waals surface area contributed by atoms with Crippen LogP contribution in [0.2, 0.25) is 0 Å². The third kappa shape index (κ3) is 1.74. The summed E-state index contributed by atoms with van der Waals surface area (Å²) in [5.41, 5.74) is 8.14. The van der Waals surface area contributed by atoms with Crippen molar-refractivity contribution in [3.8, 4) is 17.0 Å². The van der Waals surface area contributed by atoms with Gasteiger partial charge in [0.25, 0.3) is 0 Å². The summed E-state index contributed by atoms with van der Waals surface area (Å²) in [7, 11) is 1.67. The molecular weight excluding hydrogens is 226 g/mol. The summed E-state index contributed by atoms with van der Waals surface area (Å²) in [5, 5.41) is 0. The van der Waals surface area contributed by atoms with Gasteiger partial charge in [-0.15, -0.1) is 0 Å². The van der Waals surface area contributed by atoms with Crippen molar-refractivity contribution in [2.24, 2.45) is 0 Å². The summed E-state index contributed by atoms with van der Waals surface area (Å²) in [6.45, 7) is 0.990. The van der Waals surface area contributed by atoms with Gasteiger partial charge in [0.05, 0.1) is 7.11 Å². The molecule has 0 amide bonds. The van der Waals surface area contributed by atoms with Crippen molar-refractivity contribution in [1.29, 1.82) is 0 Å². The first kappa shape index (κ1) is 11.1. The largest absolute Gasteiger partial charge is 0.497 e. The van der Waals surface area contributed by atoms with Gasteiger partial charge in [-0.05, 0) is 37.1 Å². The maximum atomic E-state index is 6.20. The lowest BCUT2D eigenvalue weighted by Gasteiger charge is -2.14. The summed E-state index contributed by atoms with van der Waals surface area (Å²) >= 11 is 0. The Kier molecular flexibility index (Phi) is 2.70. The number of fused-ring (bicyclic) bond motifs is 1. The molecule has 0 fully saturated rings. The monoisotopic (exact) mass is 243 g/mol. The van der Waals surface area contributed by atoms with Crippen molar-refractivity contribution >= 4 is 5.82 Å². The Morgan fingerprint density at radius 3 is 2.67 bits per heavy atom. The molecule has 0 unspecified atom stereocenters. The Bertz CT molecular complexity index is 557. The molecule has 2 aromatic rings. The number of ether oxygens (including phenoxy) is 1. The van der Waals surface area contributed by atoms with E-state index in [1.165, 1.54) is 12.8 Å². The molecule has 2 N–H and O–H groups in total. The molecule has 2 heterocycles. The fraction of sp³-hybridized carbons (Fsp3) is 0.357. The number of methoxy groups -OCH3 is 1. The molecule has 4 heteroatoms. The smallest absolute Gasteiger partial charge is 0.131 e. The quantitative estimate of drug-likeness (QED) is 0.881. The SMILES string of the molecule is COc1ccc(-c2nc3n(c2N)CCCC3)cc1. The first-order chi connectivity index (χ1) is 8.79. The van der Waals surface area contributed by atoms with E-state index in [9.17, 15) is 0 Å². The zero-order chi connectivity index (χ0) is 12.5. The van der Waals surface area contributed by atoms with E-state index in [1.54, 1.807) is 7.11 Å². The number of imidazole rings is 1. The molecule has 94 valence electrons. The molecule has 0 saturated heterocycles. The van der Waals surface area contributed by atoms with Crippen LogP contribution in [-0.2, 0) is 13.0 Å². The van der Waals surface area contributed by atoms with Crippen LogP contribution in [0.3, 0.4) is 0 Å². The maximum Gasteiger partial charge on any atom is 0.131 e. The lowest BCUT2D eigenvalue weighted by Crippen LogP contribution is -2.12. The van der Waals surface area contributed by atoms with Crippen molar-refractivity contribution in [3.05, 3.63) is 30.1 Å². The summed E-state index contributed by atoms with van der Waals surface area (Å²) in [4.78, 5) is 4.67. The average Bonchev–Trinajstić information content (AvgIpc) is 2.77. The Balaban J connectivity index is 2.02. The first-order valence-corrected chi connectivity index (χ1v) is 6.29. The van der Waals surface area contributed by atoms with Gasteiger partial charge in [-0.3, -0.25) is 0 Å². The molecule has 1 aromatic heterocycles. The zero-order valence-electron chi connectivity index (χ0n) is 10.5. The van der Waals surface area contributed by atoms with Crippen molar-refractivity contribution in [1.82, 2.24) is 9.55 Å². The summed E-state index contributed by atoms with van der Waals surface area (Å²) in [6.07, 6.45) is 3.43. The predicted octanol–water partition coefficient (Wildman–Crippen LogP) is 2.48. The Labute approximate surface area is 106 Å². The number of nitrogens with zero attached hydrogens (tertiary/aromatic N) is 2. The Hall–Kier alpha value is -1.97. The van der Waals surface area contributed by atoms with Gasteiger partial charge >= 0.3 is 0 Å². The van der Waals surface area contributed by atoms with Crippen LogP contribution in [0.4, 0.5) is 5.82 Å². The second kappa shape index (κ2) is 4.37. The molecule has 0 saturated carbocycles. The number of nitrogens with two attached hydrogens (primary N) is 1. The number of benzene rings is 1. The van der Waals surface area contributed by atoms with Gasteiger partial charge < -0.3 is 15.0 Å². The van der Waals surface area contributed by atoms with Gasteiger partial charge in [0.15, 0.2) is 0 Å². The molecule has 0 radical (unpaired) electrons. The van der Waals surface area contributed by atoms with Gasteiger partial charge in [-0.2, -0.15) is 0 Å².